The van der Waals surface area contributed by atoms with E-state index in [0.29, 0.717) is 15.9 Å². The lowest BCUT2D eigenvalue weighted by Crippen LogP contribution is -2.47. The zero-order valence-corrected chi connectivity index (χ0v) is 14.7. The van der Waals surface area contributed by atoms with Crippen molar-refractivity contribution in [2.75, 3.05) is 13.6 Å². The van der Waals surface area contributed by atoms with Crippen LogP contribution < -0.4 is 5.32 Å². The smallest absolute Gasteiger partial charge is 0.254 e. The van der Waals surface area contributed by atoms with E-state index < -0.39 is 0 Å². The molecule has 1 amide bonds. The Morgan fingerprint density at radius 2 is 2.09 bits per heavy atom. The molecule has 0 aliphatic carbocycles. The van der Waals surface area contributed by atoms with Gasteiger partial charge in [-0.05, 0) is 43.4 Å². The van der Waals surface area contributed by atoms with E-state index in [1.807, 2.05) is 23.6 Å². The van der Waals surface area contributed by atoms with Gasteiger partial charge in [0.25, 0.3) is 5.91 Å². The van der Waals surface area contributed by atoms with E-state index in [-0.39, 0.29) is 11.9 Å². The molecule has 5 heteroatoms. The van der Waals surface area contributed by atoms with Gasteiger partial charge in [-0.2, -0.15) is 0 Å². The van der Waals surface area contributed by atoms with Crippen molar-refractivity contribution < 1.29 is 4.79 Å². The number of amides is 1. The van der Waals surface area contributed by atoms with E-state index in [9.17, 15) is 4.79 Å². The minimum atomic E-state index is -0.0934. The van der Waals surface area contributed by atoms with Gasteiger partial charge in [-0.15, -0.1) is 11.3 Å². The van der Waals surface area contributed by atoms with Crippen LogP contribution in [0.3, 0.4) is 0 Å². The highest BCUT2D eigenvalue weighted by atomic mass is 35.5. The van der Waals surface area contributed by atoms with Gasteiger partial charge in [0.1, 0.15) is 4.34 Å². The Kier molecular flexibility index (Phi) is 5.36. The number of halogens is 1. The van der Waals surface area contributed by atoms with Crippen molar-refractivity contribution in [1.29, 1.82) is 0 Å². The Hall–Kier alpha value is -1.36. The van der Waals surface area contributed by atoms with Gasteiger partial charge in [0.2, 0.25) is 0 Å². The number of hydrogen-bond acceptors (Lipinski definition) is 3. The van der Waals surface area contributed by atoms with Crippen LogP contribution in [0.25, 0.3) is 0 Å². The molecule has 0 bridgehead atoms. The molecular formula is C18H21ClN2OS. The van der Waals surface area contributed by atoms with Crippen molar-refractivity contribution >= 4 is 28.8 Å². The van der Waals surface area contributed by atoms with Gasteiger partial charge >= 0.3 is 0 Å². The average Bonchev–Trinajstić information content (AvgIpc) is 3.00. The molecule has 3 nitrogen and oxygen atoms in total. The maximum atomic E-state index is 12.7. The summed E-state index contributed by atoms with van der Waals surface area (Å²) < 4.78 is 0.548. The standard InChI is InChI=1S/C18H21ClN2OS/c1-21-11-6-5-9-15(21)16(13-7-3-2-4-8-13)20-18(22)14-10-12-23-17(14)19/h2-4,7-8,10,12,15-16H,5-6,9,11H2,1H3,(H,20,22)/t15-,16-/m0/s1. The first-order valence-corrected chi connectivity index (χ1v) is 9.21. The topological polar surface area (TPSA) is 32.3 Å². The Morgan fingerprint density at radius 1 is 1.30 bits per heavy atom. The molecule has 1 aromatic heterocycles. The van der Waals surface area contributed by atoms with E-state index in [0.717, 1.165) is 18.5 Å². The molecular weight excluding hydrogens is 328 g/mol. The first kappa shape index (κ1) is 16.5. The van der Waals surface area contributed by atoms with Crippen molar-refractivity contribution in [2.24, 2.45) is 0 Å². The average molecular weight is 349 g/mol. The highest BCUT2D eigenvalue weighted by Crippen LogP contribution is 2.29. The fourth-order valence-electron chi connectivity index (χ4n) is 3.26. The number of likely N-dealkylation sites (N-methyl/N-ethyl adjacent to an activating group) is 1. The van der Waals surface area contributed by atoms with E-state index in [1.54, 1.807) is 6.07 Å². The fraction of sp³-hybridized carbons (Fsp3) is 0.389. The summed E-state index contributed by atoms with van der Waals surface area (Å²) in [7, 11) is 2.14. The second kappa shape index (κ2) is 7.47. The first-order chi connectivity index (χ1) is 11.2. The SMILES string of the molecule is CN1CCCC[C@H]1[C@@H](NC(=O)c1ccsc1Cl)c1ccccc1. The molecule has 23 heavy (non-hydrogen) atoms. The van der Waals surface area contributed by atoms with Crippen LogP contribution in [0.2, 0.25) is 4.34 Å². The number of nitrogens with zero attached hydrogens (tertiary/aromatic N) is 1. The zero-order valence-electron chi connectivity index (χ0n) is 13.2. The number of hydrogen-bond donors (Lipinski definition) is 1. The van der Waals surface area contributed by atoms with Crippen molar-refractivity contribution in [3.05, 3.63) is 57.2 Å². The van der Waals surface area contributed by atoms with E-state index >= 15 is 0 Å². The summed E-state index contributed by atoms with van der Waals surface area (Å²) in [4.78, 5) is 15.0. The molecule has 1 aliphatic rings. The van der Waals surface area contributed by atoms with Crippen LogP contribution in [-0.2, 0) is 0 Å². The number of carbonyl (C=O) groups is 1. The third-order valence-electron chi connectivity index (χ3n) is 4.52. The molecule has 2 aromatic rings. The van der Waals surface area contributed by atoms with E-state index in [4.69, 9.17) is 11.6 Å². The first-order valence-electron chi connectivity index (χ1n) is 7.96. The van der Waals surface area contributed by atoms with Crippen LogP contribution in [0.5, 0.6) is 0 Å². The Labute approximate surface area is 146 Å². The van der Waals surface area contributed by atoms with Crippen molar-refractivity contribution in [2.45, 2.75) is 31.3 Å². The molecule has 122 valence electrons. The van der Waals surface area contributed by atoms with Crippen LogP contribution in [0.15, 0.2) is 41.8 Å². The second-order valence-corrected chi connectivity index (χ2v) is 7.53. The molecule has 1 N–H and O–H groups in total. The molecule has 1 fully saturated rings. The molecule has 0 saturated carbocycles. The summed E-state index contributed by atoms with van der Waals surface area (Å²) in [5.41, 5.74) is 1.71. The lowest BCUT2D eigenvalue weighted by molar-refractivity contribution is 0.0871. The van der Waals surface area contributed by atoms with E-state index in [2.05, 4.69) is 29.4 Å². The molecule has 3 rings (SSSR count). The molecule has 2 heterocycles. The number of benzene rings is 1. The lowest BCUT2D eigenvalue weighted by Gasteiger charge is -2.38. The Morgan fingerprint density at radius 3 is 2.74 bits per heavy atom. The van der Waals surface area contributed by atoms with Gasteiger partial charge in [0.05, 0.1) is 11.6 Å². The molecule has 0 unspecified atom stereocenters. The molecule has 2 atom stereocenters. The monoisotopic (exact) mass is 348 g/mol. The summed E-state index contributed by atoms with van der Waals surface area (Å²) >= 11 is 7.51. The number of nitrogens with one attached hydrogen (secondary N) is 1. The summed E-state index contributed by atoms with van der Waals surface area (Å²) in [6.45, 7) is 1.07. The van der Waals surface area contributed by atoms with Crippen LogP contribution >= 0.6 is 22.9 Å². The van der Waals surface area contributed by atoms with Crippen LogP contribution in [0.1, 0.15) is 41.2 Å². The predicted octanol–water partition coefficient (Wildman–Crippen LogP) is 4.36. The molecule has 1 aromatic carbocycles. The molecule has 1 saturated heterocycles. The number of piperidine rings is 1. The fourth-order valence-corrected chi connectivity index (χ4v) is 4.17. The van der Waals surface area contributed by atoms with Crippen LogP contribution in [-0.4, -0.2) is 30.4 Å². The van der Waals surface area contributed by atoms with Crippen LogP contribution in [0, 0.1) is 0 Å². The molecule has 1 aliphatic heterocycles. The summed E-state index contributed by atoms with van der Waals surface area (Å²) in [5.74, 6) is -0.0934. The van der Waals surface area contributed by atoms with Crippen molar-refractivity contribution in [3.63, 3.8) is 0 Å². The van der Waals surface area contributed by atoms with Crippen molar-refractivity contribution in [1.82, 2.24) is 10.2 Å². The zero-order chi connectivity index (χ0) is 16.2. The Balaban J connectivity index is 1.86. The quantitative estimate of drug-likeness (QED) is 0.890. The lowest BCUT2D eigenvalue weighted by atomic mass is 9.91. The maximum Gasteiger partial charge on any atom is 0.254 e. The molecule has 0 radical (unpaired) electrons. The third-order valence-corrected chi connectivity index (χ3v) is 5.69. The van der Waals surface area contributed by atoms with Gasteiger partial charge in [-0.25, -0.2) is 0 Å². The van der Waals surface area contributed by atoms with E-state index in [1.165, 1.54) is 24.2 Å². The minimum Gasteiger partial charge on any atom is -0.344 e. The number of carbonyl (C=O) groups excluding carboxylic acids is 1. The second-order valence-electron chi connectivity index (χ2n) is 6.01. The van der Waals surface area contributed by atoms with Gasteiger partial charge < -0.3 is 10.2 Å². The summed E-state index contributed by atoms with van der Waals surface area (Å²) in [6, 6.07) is 12.3. The van der Waals surface area contributed by atoms with Crippen molar-refractivity contribution in [3.8, 4) is 0 Å². The summed E-state index contributed by atoms with van der Waals surface area (Å²) in [6.07, 6.45) is 3.51. The normalized spacial score (nSPS) is 20.2. The maximum absolute atomic E-state index is 12.7. The Bertz CT molecular complexity index is 658. The number of rotatable bonds is 4. The highest BCUT2D eigenvalue weighted by Gasteiger charge is 2.30. The predicted molar refractivity (Wildman–Crippen MR) is 96.2 cm³/mol. The van der Waals surface area contributed by atoms with Gasteiger partial charge in [-0.3, -0.25) is 4.79 Å². The third kappa shape index (κ3) is 3.77. The largest absolute Gasteiger partial charge is 0.344 e. The number of likely N-dealkylation sites (tertiary alicyclic amines) is 1. The van der Waals surface area contributed by atoms with Gasteiger partial charge in [0.15, 0.2) is 0 Å². The number of thiophene rings is 1. The molecule has 0 spiro atoms. The van der Waals surface area contributed by atoms with Gasteiger partial charge in [-0.1, -0.05) is 48.4 Å². The highest BCUT2D eigenvalue weighted by molar-refractivity contribution is 7.14. The van der Waals surface area contributed by atoms with Gasteiger partial charge in [0, 0.05) is 6.04 Å². The van der Waals surface area contributed by atoms with Crippen LogP contribution in [0.4, 0.5) is 0 Å². The minimum absolute atomic E-state index is 0.0232. The summed E-state index contributed by atoms with van der Waals surface area (Å²) in [5, 5.41) is 5.07.